The fraction of sp³-hybridized carbons (Fsp3) is 0.500. The van der Waals surface area contributed by atoms with Crippen LogP contribution in [0, 0.1) is 11.6 Å². The second-order valence-electron chi connectivity index (χ2n) is 4.64. The maximum absolute atomic E-state index is 13.4. The van der Waals surface area contributed by atoms with Crippen LogP contribution < -0.4 is 5.73 Å². The summed E-state index contributed by atoms with van der Waals surface area (Å²) < 4.78 is 26.3. The van der Waals surface area contributed by atoms with E-state index in [-0.39, 0.29) is 18.0 Å². The molecular formula is C12H15F2NO. The minimum absolute atomic E-state index is 0.0402. The van der Waals surface area contributed by atoms with Gasteiger partial charge in [-0.1, -0.05) is 0 Å². The summed E-state index contributed by atoms with van der Waals surface area (Å²) in [7, 11) is 0. The van der Waals surface area contributed by atoms with Gasteiger partial charge < -0.3 is 10.8 Å². The van der Waals surface area contributed by atoms with Crippen LogP contribution in [0.25, 0.3) is 0 Å². The number of benzene rings is 1. The van der Waals surface area contributed by atoms with E-state index in [1.165, 1.54) is 0 Å². The molecule has 1 aromatic rings. The zero-order valence-corrected chi connectivity index (χ0v) is 8.92. The Balaban J connectivity index is 2.17. The van der Waals surface area contributed by atoms with Crippen LogP contribution in [-0.2, 0) is 6.42 Å². The summed E-state index contributed by atoms with van der Waals surface area (Å²) in [5.41, 5.74) is 4.95. The highest BCUT2D eigenvalue weighted by Gasteiger charge is 2.36. The lowest BCUT2D eigenvalue weighted by atomic mass is 9.92. The molecule has 2 nitrogen and oxygen atoms in total. The van der Waals surface area contributed by atoms with E-state index >= 15 is 0 Å². The summed E-state index contributed by atoms with van der Waals surface area (Å²) in [6.45, 7) is 0. The first-order valence-electron chi connectivity index (χ1n) is 5.40. The largest absolute Gasteiger partial charge is 0.389 e. The molecule has 2 rings (SSSR count). The lowest BCUT2D eigenvalue weighted by Crippen LogP contribution is -2.30. The summed E-state index contributed by atoms with van der Waals surface area (Å²) in [4.78, 5) is 0. The third-order valence-corrected chi connectivity index (χ3v) is 3.15. The molecule has 1 saturated carbocycles. The fourth-order valence-electron chi connectivity index (χ4n) is 2.34. The number of aliphatic hydroxyl groups is 1. The molecule has 0 spiro atoms. The summed E-state index contributed by atoms with van der Waals surface area (Å²) in [6.07, 6.45) is 1.85. The van der Waals surface area contributed by atoms with Crippen molar-refractivity contribution in [3.63, 3.8) is 0 Å². The van der Waals surface area contributed by atoms with Crippen LogP contribution in [0.1, 0.15) is 24.8 Å². The van der Waals surface area contributed by atoms with E-state index in [9.17, 15) is 13.9 Å². The zero-order valence-electron chi connectivity index (χ0n) is 8.92. The van der Waals surface area contributed by atoms with Crippen molar-refractivity contribution in [3.05, 3.63) is 35.4 Å². The maximum atomic E-state index is 13.4. The lowest BCUT2D eigenvalue weighted by molar-refractivity contribution is 0.0459. The summed E-state index contributed by atoms with van der Waals surface area (Å²) in [6, 6.07) is 3.25. The van der Waals surface area contributed by atoms with Crippen molar-refractivity contribution in [3.8, 4) is 0 Å². The molecular weight excluding hydrogens is 212 g/mol. The summed E-state index contributed by atoms with van der Waals surface area (Å²) >= 11 is 0. The van der Waals surface area contributed by atoms with Gasteiger partial charge >= 0.3 is 0 Å². The molecule has 1 fully saturated rings. The molecule has 0 bridgehead atoms. The smallest absolute Gasteiger partial charge is 0.126 e. The Kier molecular flexibility index (Phi) is 2.95. The van der Waals surface area contributed by atoms with Crippen LogP contribution in [0.5, 0.6) is 0 Å². The van der Waals surface area contributed by atoms with Crippen molar-refractivity contribution in [1.29, 1.82) is 0 Å². The third kappa shape index (κ3) is 2.39. The molecule has 1 aliphatic rings. The molecule has 4 heteroatoms. The van der Waals surface area contributed by atoms with Gasteiger partial charge in [0.1, 0.15) is 11.6 Å². The van der Waals surface area contributed by atoms with Gasteiger partial charge in [-0.3, -0.25) is 0 Å². The Bertz CT molecular complexity index is 397. The highest BCUT2D eigenvalue weighted by molar-refractivity contribution is 5.21. The minimum atomic E-state index is -0.978. The topological polar surface area (TPSA) is 46.2 Å². The van der Waals surface area contributed by atoms with E-state index in [0.717, 1.165) is 24.6 Å². The van der Waals surface area contributed by atoms with E-state index in [4.69, 9.17) is 5.73 Å². The van der Waals surface area contributed by atoms with Crippen molar-refractivity contribution >= 4 is 0 Å². The second-order valence-corrected chi connectivity index (χ2v) is 4.64. The molecule has 3 N–H and O–H groups in total. The lowest BCUT2D eigenvalue weighted by Gasteiger charge is -2.22. The first-order valence-corrected chi connectivity index (χ1v) is 5.40. The predicted octanol–water partition coefficient (Wildman–Crippen LogP) is 1.75. The SMILES string of the molecule is NC1CCC(O)(Cc2cc(F)ccc2F)C1. The van der Waals surface area contributed by atoms with Crippen molar-refractivity contribution in [2.75, 3.05) is 0 Å². The average Bonchev–Trinajstić information content (AvgIpc) is 2.52. The van der Waals surface area contributed by atoms with Gasteiger partial charge in [-0.05, 0) is 43.0 Å². The molecule has 0 amide bonds. The number of hydrogen-bond donors (Lipinski definition) is 2. The molecule has 0 aromatic heterocycles. The van der Waals surface area contributed by atoms with Crippen LogP contribution in [0.3, 0.4) is 0 Å². The maximum Gasteiger partial charge on any atom is 0.126 e. The van der Waals surface area contributed by atoms with Crippen LogP contribution >= 0.6 is 0 Å². The minimum Gasteiger partial charge on any atom is -0.389 e. The Labute approximate surface area is 93.1 Å². The highest BCUT2D eigenvalue weighted by Crippen LogP contribution is 2.32. The van der Waals surface area contributed by atoms with Gasteiger partial charge in [0.05, 0.1) is 5.60 Å². The predicted molar refractivity (Wildman–Crippen MR) is 56.8 cm³/mol. The van der Waals surface area contributed by atoms with Gasteiger partial charge in [-0.25, -0.2) is 8.78 Å². The Morgan fingerprint density at radius 1 is 1.44 bits per heavy atom. The molecule has 0 saturated heterocycles. The Morgan fingerprint density at radius 3 is 2.81 bits per heavy atom. The molecule has 0 radical (unpaired) electrons. The summed E-state index contributed by atoms with van der Waals surface area (Å²) in [5, 5.41) is 10.2. The highest BCUT2D eigenvalue weighted by atomic mass is 19.1. The molecule has 0 aliphatic heterocycles. The van der Waals surface area contributed by atoms with E-state index in [0.29, 0.717) is 12.8 Å². The van der Waals surface area contributed by atoms with Crippen LogP contribution in [0.2, 0.25) is 0 Å². The van der Waals surface area contributed by atoms with Gasteiger partial charge in [0.25, 0.3) is 0 Å². The van der Waals surface area contributed by atoms with Gasteiger partial charge in [-0.15, -0.1) is 0 Å². The number of rotatable bonds is 2. The van der Waals surface area contributed by atoms with Crippen LogP contribution in [-0.4, -0.2) is 16.7 Å². The third-order valence-electron chi connectivity index (χ3n) is 3.15. The van der Waals surface area contributed by atoms with Gasteiger partial charge in [0.15, 0.2) is 0 Å². The standard InChI is InChI=1S/C12H15F2NO/c13-9-1-2-11(14)8(5-9)6-12(16)4-3-10(15)7-12/h1-2,5,10,16H,3-4,6-7,15H2. The van der Waals surface area contributed by atoms with Crippen LogP contribution in [0.4, 0.5) is 8.78 Å². The first kappa shape index (κ1) is 11.5. The number of halogens is 2. The van der Waals surface area contributed by atoms with Gasteiger partial charge in [0.2, 0.25) is 0 Å². The van der Waals surface area contributed by atoms with E-state index in [1.807, 2.05) is 0 Å². The molecule has 16 heavy (non-hydrogen) atoms. The van der Waals surface area contributed by atoms with Gasteiger partial charge in [0, 0.05) is 12.5 Å². The van der Waals surface area contributed by atoms with E-state index in [1.54, 1.807) is 0 Å². The molecule has 0 heterocycles. The first-order chi connectivity index (χ1) is 7.48. The molecule has 2 unspecified atom stereocenters. The van der Waals surface area contributed by atoms with Crippen LogP contribution in [0.15, 0.2) is 18.2 Å². The number of hydrogen-bond acceptors (Lipinski definition) is 2. The fourth-order valence-corrected chi connectivity index (χ4v) is 2.34. The Morgan fingerprint density at radius 2 is 2.19 bits per heavy atom. The molecule has 2 atom stereocenters. The monoisotopic (exact) mass is 227 g/mol. The van der Waals surface area contributed by atoms with Crippen molar-refractivity contribution < 1.29 is 13.9 Å². The normalized spacial score (nSPS) is 29.6. The summed E-state index contributed by atoms with van der Waals surface area (Å²) in [5.74, 6) is -0.961. The quantitative estimate of drug-likeness (QED) is 0.808. The number of nitrogens with two attached hydrogens (primary N) is 1. The molecule has 1 aromatic carbocycles. The van der Waals surface area contributed by atoms with E-state index < -0.39 is 17.2 Å². The second kappa shape index (κ2) is 4.11. The average molecular weight is 227 g/mol. The molecule has 1 aliphatic carbocycles. The Hall–Kier alpha value is -1.00. The van der Waals surface area contributed by atoms with Gasteiger partial charge in [-0.2, -0.15) is 0 Å². The van der Waals surface area contributed by atoms with Crippen molar-refractivity contribution in [2.24, 2.45) is 5.73 Å². The van der Waals surface area contributed by atoms with Crippen molar-refractivity contribution in [2.45, 2.75) is 37.3 Å². The zero-order chi connectivity index (χ0) is 11.8. The van der Waals surface area contributed by atoms with E-state index in [2.05, 4.69) is 0 Å². The molecule has 88 valence electrons. The van der Waals surface area contributed by atoms with Crippen molar-refractivity contribution in [1.82, 2.24) is 0 Å².